The van der Waals surface area contributed by atoms with Gasteiger partial charge < -0.3 is 13.7 Å². The van der Waals surface area contributed by atoms with Gasteiger partial charge in [-0.15, -0.1) is 0 Å². The maximum absolute atomic E-state index is 6.56. The Morgan fingerprint density at radius 3 is 1.94 bits per heavy atom. The van der Waals surface area contributed by atoms with Crippen LogP contribution in [-0.4, -0.2) is 0 Å². The minimum atomic E-state index is 0.857. The molecule has 0 bridgehead atoms. The quantitative estimate of drug-likeness (QED) is 0.201. The first-order valence-electron chi connectivity index (χ1n) is 15.9. The van der Waals surface area contributed by atoms with Crippen molar-refractivity contribution >= 4 is 82.5 Å². The molecular formula is C44H27NO2. The van der Waals surface area contributed by atoms with Crippen LogP contribution in [0.2, 0.25) is 0 Å². The number of rotatable bonds is 4. The molecule has 47 heavy (non-hydrogen) atoms. The highest BCUT2D eigenvalue weighted by molar-refractivity contribution is 6.16. The molecule has 0 N–H and O–H groups in total. The van der Waals surface area contributed by atoms with Gasteiger partial charge in [0.25, 0.3) is 0 Å². The summed E-state index contributed by atoms with van der Waals surface area (Å²) in [5, 5.41) is 9.07. The molecule has 0 aliphatic carbocycles. The third-order valence-corrected chi connectivity index (χ3v) is 9.41. The van der Waals surface area contributed by atoms with Crippen molar-refractivity contribution in [3.8, 4) is 11.1 Å². The van der Waals surface area contributed by atoms with Crippen molar-refractivity contribution in [2.24, 2.45) is 0 Å². The van der Waals surface area contributed by atoms with Crippen molar-refractivity contribution in [2.45, 2.75) is 0 Å². The maximum atomic E-state index is 6.56. The van der Waals surface area contributed by atoms with Gasteiger partial charge in [-0.3, -0.25) is 0 Å². The lowest BCUT2D eigenvalue weighted by Crippen LogP contribution is -2.11. The zero-order valence-electron chi connectivity index (χ0n) is 25.4. The van der Waals surface area contributed by atoms with Crippen LogP contribution in [0.4, 0.5) is 17.1 Å². The first-order valence-corrected chi connectivity index (χ1v) is 15.9. The largest absolute Gasteiger partial charge is 0.456 e. The zero-order valence-corrected chi connectivity index (χ0v) is 25.4. The van der Waals surface area contributed by atoms with Gasteiger partial charge >= 0.3 is 0 Å². The van der Waals surface area contributed by atoms with E-state index in [1.54, 1.807) is 0 Å². The van der Waals surface area contributed by atoms with E-state index < -0.39 is 0 Å². The molecule has 8 aromatic carbocycles. The van der Waals surface area contributed by atoms with E-state index in [0.717, 1.165) is 82.8 Å². The fraction of sp³-hybridized carbons (Fsp3) is 0. The average molecular weight is 602 g/mol. The molecule has 0 atom stereocenters. The van der Waals surface area contributed by atoms with Gasteiger partial charge in [-0.1, -0.05) is 103 Å². The van der Waals surface area contributed by atoms with Crippen molar-refractivity contribution in [3.63, 3.8) is 0 Å². The standard InChI is InChI=1S/C44H27NO2/c1-2-10-28(11-3-1)34-14-6-8-16-40(34)45(32-20-18-29-19-22-37-35-15-7-9-17-41(35)47-44(37)38(29)26-32)33-21-23-36-39-24-30-12-4-5-13-31(30)25-42(39)46-43(36)27-33/h1-27H. The Balaban J connectivity index is 1.23. The summed E-state index contributed by atoms with van der Waals surface area (Å²) >= 11 is 0. The summed E-state index contributed by atoms with van der Waals surface area (Å²) in [4.78, 5) is 2.34. The van der Waals surface area contributed by atoms with E-state index in [0.29, 0.717) is 0 Å². The Morgan fingerprint density at radius 1 is 0.362 bits per heavy atom. The number of anilines is 3. The molecule has 0 unspecified atom stereocenters. The third-order valence-electron chi connectivity index (χ3n) is 9.41. The van der Waals surface area contributed by atoms with Gasteiger partial charge in [0.15, 0.2) is 0 Å². The Hall–Kier alpha value is -6.32. The van der Waals surface area contributed by atoms with Crippen molar-refractivity contribution in [3.05, 3.63) is 164 Å². The summed E-state index contributed by atoms with van der Waals surface area (Å²) in [5.74, 6) is 0. The van der Waals surface area contributed by atoms with E-state index >= 15 is 0 Å². The first-order chi connectivity index (χ1) is 23.3. The van der Waals surface area contributed by atoms with Gasteiger partial charge in [0, 0.05) is 49.9 Å². The van der Waals surface area contributed by atoms with Crippen molar-refractivity contribution < 1.29 is 8.83 Å². The second-order valence-corrected chi connectivity index (χ2v) is 12.1. The second kappa shape index (κ2) is 10.1. The van der Waals surface area contributed by atoms with Crippen LogP contribution < -0.4 is 4.90 Å². The van der Waals surface area contributed by atoms with Crippen LogP contribution in [0.5, 0.6) is 0 Å². The molecule has 0 aliphatic heterocycles. The molecule has 220 valence electrons. The molecule has 3 nitrogen and oxygen atoms in total. The highest BCUT2D eigenvalue weighted by Crippen LogP contribution is 2.44. The molecule has 0 aliphatic rings. The molecule has 0 saturated carbocycles. The smallest absolute Gasteiger partial charge is 0.143 e. The van der Waals surface area contributed by atoms with E-state index in [1.165, 1.54) is 10.8 Å². The van der Waals surface area contributed by atoms with E-state index in [1.807, 2.05) is 12.1 Å². The Morgan fingerprint density at radius 2 is 1.02 bits per heavy atom. The number of benzene rings is 8. The fourth-order valence-corrected chi connectivity index (χ4v) is 7.18. The van der Waals surface area contributed by atoms with Crippen LogP contribution in [0.1, 0.15) is 0 Å². The number of hydrogen-bond donors (Lipinski definition) is 0. The predicted molar refractivity (Wildman–Crippen MR) is 196 cm³/mol. The highest BCUT2D eigenvalue weighted by Gasteiger charge is 2.20. The molecule has 0 radical (unpaired) electrons. The zero-order chi connectivity index (χ0) is 30.9. The van der Waals surface area contributed by atoms with Crippen LogP contribution >= 0.6 is 0 Å². The molecule has 0 spiro atoms. The number of hydrogen-bond acceptors (Lipinski definition) is 3. The molecule has 3 heteroatoms. The minimum absolute atomic E-state index is 0.857. The van der Waals surface area contributed by atoms with Crippen molar-refractivity contribution in [1.82, 2.24) is 0 Å². The topological polar surface area (TPSA) is 29.5 Å². The molecular weight excluding hydrogens is 574 g/mol. The summed E-state index contributed by atoms with van der Waals surface area (Å²) in [6.07, 6.45) is 0. The number of furan rings is 2. The average Bonchev–Trinajstić information content (AvgIpc) is 3.69. The molecule has 0 saturated heterocycles. The highest BCUT2D eigenvalue weighted by atomic mass is 16.3. The molecule has 2 heterocycles. The van der Waals surface area contributed by atoms with Crippen LogP contribution in [0, 0.1) is 0 Å². The summed E-state index contributed by atoms with van der Waals surface area (Å²) in [6.45, 7) is 0. The van der Waals surface area contributed by atoms with Gasteiger partial charge in [0.2, 0.25) is 0 Å². The lowest BCUT2D eigenvalue weighted by Gasteiger charge is -2.28. The summed E-state index contributed by atoms with van der Waals surface area (Å²) < 4.78 is 13.1. The Labute approximate surface area is 270 Å². The normalized spacial score (nSPS) is 11.8. The monoisotopic (exact) mass is 601 g/mol. The van der Waals surface area contributed by atoms with E-state index in [-0.39, 0.29) is 0 Å². The number of para-hydroxylation sites is 2. The number of nitrogens with zero attached hydrogens (tertiary/aromatic N) is 1. The SMILES string of the molecule is c1ccc(-c2ccccc2N(c2ccc3c(c2)oc2cc4ccccc4cc23)c2ccc3ccc4c5ccccc5oc4c3c2)cc1. The van der Waals surface area contributed by atoms with Crippen molar-refractivity contribution in [2.75, 3.05) is 4.90 Å². The van der Waals surface area contributed by atoms with Crippen LogP contribution in [0.3, 0.4) is 0 Å². The lowest BCUT2D eigenvalue weighted by molar-refractivity contribution is 0.669. The third kappa shape index (κ3) is 4.07. The Kier molecular flexibility index (Phi) is 5.57. The van der Waals surface area contributed by atoms with Crippen LogP contribution in [-0.2, 0) is 0 Å². The molecule has 10 aromatic rings. The van der Waals surface area contributed by atoms with Gasteiger partial charge in [-0.2, -0.15) is 0 Å². The number of fused-ring (bicyclic) bond motifs is 9. The fourth-order valence-electron chi connectivity index (χ4n) is 7.18. The van der Waals surface area contributed by atoms with Gasteiger partial charge in [0.1, 0.15) is 22.3 Å². The van der Waals surface area contributed by atoms with Gasteiger partial charge in [0.05, 0.1) is 5.69 Å². The summed E-state index contributed by atoms with van der Waals surface area (Å²) in [6, 6.07) is 57.9. The molecule has 0 amide bonds. The minimum Gasteiger partial charge on any atom is -0.456 e. The van der Waals surface area contributed by atoms with Crippen LogP contribution in [0.25, 0.3) is 76.5 Å². The van der Waals surface area contributed by atoms with E-state index in [2.05, 4.69) is 157 Å². The van der Waals surface area contributed by atoms with Crippen molar-refractivity contribution in [1.29, 1.82) is 0 Å². The van der Waals surface area contributed by atoms with Gasteiger partial charge in [-0.05, 0) is 76.3 Å². The second-order valence-electron chi connectivity index (χ2n) is 12.1. The summed E-state index contributed by atoms with van der Waals surface area (Å²) in [7, 11) is 0. The lowest BCUT2D eigenvalue weighted by atomic mass is 10.0. The Bertz CT molecular complexity index is 2810. The van der Waals surface area contributed by atoms with E-state index in [4.69, 9.17) is 8.83 Å². The van der Waals surface area contributed by atoms with Gasteiger partial charge in [-0.25, -0.2) is 0 Å². The molecule has 2 aromatic heterocycles. The molecule has 0 fully saturated rings. The first kappa shape index (κ1) is 26.0. The summed E-state index contributed by atoms with van der Waals surface area (Å²) in [5.41, 5.74) is 8.99. The molecule has 10 rings (SSSR count). The van der Waals surface area contributed by atoms with Crippen LogP contribution in [0.15, 0.2) is 173 Å². The van der Waals surface area contributed by atoms with E-state index in [9.17, 15) is 0 Å². The predicted octanol–water partition coefficient (Wildman–Crippen LogP) is 12.9. The maximum Gasteiger partial charge on any atom is 0.143 e.